The predicted molar refractivity (Wildman–Crippen MR) is 73.8 cm³/mol. The van der Waals surface area contributed by atoms with Crippen LogP contribution in [0.1, 0.15) is 6.42 Å². The molecule has 1 N–H and O–H groups in total. The van der Waals surface area contributed by atoms with E-state index in [0.717, 1.165) is 32.0 Å². The summed E-state index contributed by atoms with van der Waals surface area (Å²) in [5.74, 6) is 0.195. The van der Waals surface area contributed by atoms with Crippen molar-refractivity contribution < 1.29 is 14.6 Å². The maximum Gasteiger partial charge on any atom is 0.326 e. The topological polar surface area (TPSA) is 65.9 Å². The van der Waals surface area contributed by atoms with Gasteiger partial charge in [0.1, 0.15) is 11.4 Å². The van der Waals surface area contributed by atoms with Crippen molar-refractivity contribution in [2.75, 3.05) is 44.3 Å². The van der Waals surface area contributed by atoms with Gasteiger partial charge < -0.3 is 14.7 Å². The van der Waals surface area contributed by atoms with Gasteiger partial charge in [0, 0.05) is 45.4 Å². The predicted octanol–water partition coefficient (Wildman–Crippen LogP) is 0.447. The van der Waals surface area contributed by atoms with Crippen LogP contribution in [-0.2, 0) is 9.53 Å². The molecule has 0 spiro atoms. The van der Waals surface area contributed by atoms with Crippen LogP contribution in [-0.4, -0.2) is 65.9 Å². The number of carboxylic acid groups (broad SMARTS) is 1. The van der Waals surface area contributed by atoms with Gasteiger partial charge in [0.05, 0.1) is 6.61 Å². The maximum absolute atomic E-state index is 11.6. The van der Waals surface area contributed by atoms with Crippen molar-refractivity contribution in [3.05, 3.63) is 24.4 Å². The lowest BCUT2D eigenvalue weighted by Crippen LogP contribution is -2.61. The molecule has 0 amide bonds. The fourth-order valence-corrected chi connectivity index (χ4v) is 3.01. The number of ether oxygens (including phenoxy) is 1. The molecule has 1 atom stereocenters. The van der Waals surface area contributed by atoms with Crippen molar-refractivity contribution in [3.63, 3.8) is 0 Å². The molecule has 6 nitrogen and oxygen atoms in total. The molecule has 0 bridgehead atoms. The summed E-state index contributed by atoms with van der Waals surface area (Å²) in [7, 11) is 0. The Labute approximate surface area is 118 Å². The number of hydrogen-bond acceptors (Lipinski definition) is 5. The first kappa shape index (κ1) is 13.3. The molecule has 2 fully saturated rings. The molecule has 1 unspecified atom stereocenters. The Bertz CT molecular complexity index is 466. The first-order chi connectivity index (χ1) is 9.72. The average molecular weight is 277 g/mol. The Kier molecular flexibility index (Phi) is 3.58. The molecule has 0 saturated carbocycles. The van der Waals surface area contributed by atoms with Crippen LogP contribution in [0, 0.1) is 0 Å². The highest BCUT2D eigenvalue weighted by Crippen LogP contribution is 2.28. The summed E-state index contributed by atoms with van der Waals surface area (Å²) in [4.78, 5) is 20.2. The summed E-state index contributed by atoms with van der Waals surface area (Å²) < 4.78 is 5.34. The van der Waals surface area contributed by atoms with E-state index in [9.17, 15) is 9.90 Å². The van der Waals surface area contributed by atoms with Gasteiger partial charge in [-0.3, -0.25) is 9.69 Å². The SMILES string of the molecule is O=C(O)C1(N2CCN(c3ccccn3)CC2)CCOC1. The van der Waals surface area contributed by atoms with Gasteiger partial charge >= 0.3 is 5.97 Å². The Balaban J connectivity index is 1.68. The second-order valence-electron chi connectivity index (χ2n) is 5.30. The van der Waals surface area contributed by atoms with Crippen molar-refractivity contribution in [1.82, 2.24) is 9.88 Å². The highest BCUT2D eigenvalue weighted by atomic mass is 16.5. The number of hydrogen-bond donors (Lipinski definition) is 1. The van der Waals surface area contributed by atoms with E-state index in [1.54, 1.807) is 6.20 Å². The highest BCUT2D eigenvalue weighted by Gasteiger charge is 2.48. The first-order valence-electron chi connectivity index (χ1n) is 6.94. The van der Waals surface area contributed by atoms with Crippen LogP contribution < -0.4 is 4.90 Å². The van der Waals surface area contributed by atoms with Gasteiger partial charge in [0.15, 0.2) is 0 Å². The zero-order chi connectivity index (χ0) is 14.0. The van der Waals surface area contributed by atoms with Crippen molar-refractivity contribution >= 4 is 11.8 Å². The summed E-state index contributed by atoms with van der Waals surface area (Å²) in [6.07, 6.45) is 2.36. The zero-order valence-electron chi connectivity index (χ0n) is 11.4. The Morgan fingerprint density at radius 1 is 1.30 bits per heavy atom. The van der Waals surface area contributed by atoms with E-state index in [1.165, 1.54) is 0 Å². The van der Waals surface area contributed by atoms with E-state index < -0.39 is 11.5 Å². The van der Waals surface area contributed by atoms with Crippen molar-refractivity contribution in [2.24, 2.45) is 0 Å². The van der Waals surface area contributed by atoms with E-state index in [2.05, 4.69) is 14.8 Å². The van der Waals surface area contributed by atoms with E-state index in [1.807, 2.05) is 18.2 Å². The Morgan fingerprint density at radius 3 is 2.65 bits per heavy atom. The number of carboxylic acids is 1. The third-order valence-electron chi connectivity index (χ3n) is 4.26. The molecule has 2 saturated heterocycles. The number of aliphatic carboxylic acids is 1. The molecule has 6 heteroatoms. The Morgan fingerprint density at radius 2 is 2.10 bits per heavy atom. The number of aromatic nitrogens is 1. The smallest absolute Gasteiger partial charge is 0.326 e. The minimum atomic E-state index is -0.823. The molecule has 20 heavy (non-hydrogen) atoms. The number of rotatable bonds is 3. The van der Waals surface area contributed by atoms with Crippen molar-refractivity contribution in [1.29, 1.82) is 0 Å². The maximum atomic E-state index is 11.6. The van der Waals surface area contributed by atoms with Gasteiger partial charge in [-0.25, -0.2) is 4.98 Å². The minimum absolute atomic E-state index is 0.298. The number of piperazine rings is 1. The molecule has 0 aromatic carbocycles. The Hall–Kier alpha value is -1.66. The quantitative estimate of drug-likeness (QED) is 0.865. The lowest BCUT2D eigenvalue weighted by Gasteiger charge is -2.42. The van der Waals surface area contributed by atoms with Gasteiger partial charge in [0.2, 0.25) is 0 Å². The number of nitrogens with zero attached hydrogens (tertiary/aromatic N) is 3. The molecule has 108 valence electrons. The van der Waals surface area contributed by atoms with E-state index in [-0.39, 0.29) is 0 Å². The van der Waals surface area contributed by atoms with Crippen LogP contribution in [0.4, 0.5) is 5.82 Å². The number of anilines is 1. The molecule has 3 rings (SSSR count). The van der Waals surface area contributed by atoms with Crippen LogP contribution in [0.2, 0.25) is 0 Å². The molecule has 0 radical (unpaired) electrons. The van der Waals surface area contributed by atoms with Gasteiger partial charge in [0.25, 0.3) is 0 Å². The molecular weight excluding hydrogens is 258 g/mol. The number of pyridine rings is 1. The van der Waals surface area contributed by atoms with Gasteiger partial charge in [-0.2, -0.15) is 0 Å². The summed E-state index contributed by atoms with van der Waals surface area (Å²) in [5.41, 5.74) is -0.823. The fraction of sp³-hybridized carbons (Fsp3) is 0.571. The molecule has 1 aromatic heterocycles. The fourth-order valence-electron chi connectivity index (χ4n) is 3.01. The zero-order valence-corrected chi connectivity index (χ0v) is 11.4. The van der Waals surface area contributed by atoms with E-state index in [4.69, 9.17) is 4.74 Å². The highest BCUT2D eigenvalue weighted by molar-refractivity contribution is 5.79. The van der Waals surface area contributed by atoms with Crippen LogP contribution >= 0.6 is 0 Å². The third kappa shape index (κ3) is 2.25. The van der Waals surface area contributed by atoms with Gasteiger partial charge in [-0.1, -0.05) is 6.07 Å². The molecule has 1 aromatic rings. The van der Waals surface area contributed by atoms with Crippen LogP contribution in [0.3, 0.4) is 0 Å². The van der Waals surface area contributed by atoms with Crippen LogP contribution in [0.25, 0.3) is 0 Å². The van der Waals surface area contributed by atoms with Crippen molar-refractivity contribution in [2.45, 2.75) is 12.0 Å². The summed E-state index contributed by atoms with van der Waals surface area (Å²) in [5, 5.41) is 9.55. The van der Waals surface area contributed by atoms with Crippen LogP contribution in [0.5, 0.6) is 0 Å². The first-order valence-corrected chi connectivity index (χ1v) is 6.94. The van der Waals surface area contributed by atoms with E-state index >= 15 is 0 Å². The summed E-state index contributed by atoms with van der Waals surface area (Å²) in [6.45, 7) is 3.88. The van der Waals surface area contributed by atoms with Gasteiger partial charge in [-0.15, -0.1) is 0 Å². The standard InChI is InChI=1S/C14H19N3O3/c18-13(19)14(4-10-20-11-14)17-8-6-16(7-9-17)12-3-1-2-5-15-12/h1-3,5H,4,6-11H2,(H,18,19). The lowest BCUT2D eigenvalue weighted by molar-refractivity contribution is -0.152. The summed E-state index contributed by atoms with van der Waals surface area (Å²) >= 11 is 0. The molecule has 0 aliphatic carbocycles. The van der Waals surface area contributed by atoms with Crippen molar-refractivity contribution in [3.8, 4) is 0 Å². The normalized spacial score (nSPS) is 27.7. The second kappa shape index (κ2) is 5.38. The molecule has 2 aliphatic heterocycles. The average Bonchev–Trinajstić information content (AvgIpc) is 2.99. The molecule has 3 heterocycles. The third-order valence-corrected chi connectivity index (χ3v) is 4.26. The second-order valence-corrected chi connectivity index (χ2v) is 5.30. The molecule has 2 aliphatic rings. The van der Waals surface area contributed by atoms with E-state index in [0.29, 0.717) is 19.6 Å². The number of carbonyl (C=O) groups is 1. The largest absolute Gasteiger partial charge is 0.480 e. The molecular formula is C14H19N3O3. The lowest BCUT2D eigenvalue weighted by atomic mass is 9.95. The summed E-state index contributed by atoms with van der Waals surface area (Å²) in [6, 6.07) is 5.86. The van der Waals surface area contributed by atoms with Gasteiger partial charge in [-0.05, 0) is 12.1 Å². The minimum Gasteiger partial charge on any atom is -0.480 e. The monoisotopic (exact) mass is 277 g/mol. The van der Waals surface area contributed by atoms with Crippen LogP contribution in [0.15, 0.2) is 24.4 Å².